The van der Waals surface area contributed by atoms with Gasteiger partial charge in [0.15, 0.2) is 0 Å². The van der Waals surface area contributed by atoms with Crippen LogP contribution >= 0.6 is 15.9 Å². The van der Waals surface area contributed by atoms with Gasteiger partial charge in [-0.25, -0.2) is 0 Å². The molecule has 218 valence electrons. The van der Waals surface area contributed by atoms with E-state index in [-0.39, 0.29) is 27.3 Å². The van der Waals surface area contributed by atoms with Crippen LogP contribution in [0, 0.1) is 0 Å². The molecule has 1 unspecified atom stereocenters. The molecule has 0 fully saturated rings. The summed E-state index contributed by atoms with van der Waals surface area (Å²) in [4.78, 5) is 25.9. The Morgan fingerprint density at radius 2 is 1.51 bits per heavy atom. The molecule has 6 nitrogen and oxygen atoms in total. The third-order valence-electron chi connectivity index (χ3n) is 8.41. The second-order valence-corrected chi connectivity index (χ2v) is 14.3. The zero-order valence-corrected chi connectivity index (χ0v) is 27.3. The first-order valence-electron chi connectivity index (χ1n) is 14.3. The third kappa shape index (κ3) is 5.22. The molecule has 1 aliphatic rings. The third-order valence-corrected chi connectivity index (χ3v) is 11.5. The van der Waals surface area contributed by atoms with Crippen molar-refractivity contribution in [3.63, 3.8) is 0 Å². The Balaban J connectivity index is 1.71. The fourth-order valence-electron chi connectivity index (χ4n) is 6.52. The monoisotopic (exact) mass is 703 g/mol. The summed E-state index contributed by atoms with van der Waals surface area (Å²) in [5.41, 5.74) is 3.84. The van der Waals surface area contributed by atoms with Crippen molar-refractivity contribution in [2.24, 2.45) is 0 Å². The molecule has 6 rings (SSSR count). The fraction of sp³-hybridized carbons (Fsp3) is 0.229. The Hall–Kier alpha value is -3.71. The van der Waals surface area contributed by atoms with Crippen LogP contribution in [0.5, 0.6) is 0 Å². The van der Waals surface area contributed by atoms with Gasteiger partial charge in [-0.3, -0.25) is 0 Å². The summed E-state index contributed by atoms with van der Waals surface area (Å²) in [6.45, 7) is 4.98. The van der Waals surface area contributed by atoms with Crippen LogP contribution in [0.2, 0.25) is 0 Å². The predicted octanol–water partition coefficient (Wildman–Crippen LogP) is 7.25. The maximum absolute atomic E-state index is 12.0. The number of hydrogen-bond acceptors (Lipinski definition) is 3. The van der Waals surface area contributed by atoms with Crippen LogP contribution in [0.15, 0.2) is 89.1 Å². The van der Waals surface area contributed by atoms with Crippen LogP contribution in [0.3, 0.4) is 0 Å². The Labute approximate surface area is 264 Å². The molecule has 8 heteroatoms. The molecule has 5 aromatic rings. The zero-order chi connectivity index (χ0) is 30.3. The van der Waals surface area contributed by atoms with Crippen molar-refractivity contribution in [2.45, 2.75) is 45.1 Å². The van der Waals surface area contributed by atoms with Crippen molar-refractivity contribution in [1.29, 1.82) is 0 Å². The number of carboxylic acids is 2. The van der Waals surface area contributed by atoms with Gasteiger partial charge in [0.2, 0.25) is 0 Å². The molecule has 0 saturated carbocycles. The molecule has 43 heavy (non-hydrogen) atoms. The topological polar surface area (TPSA) is 81.7 Å². The molecule has 4 aromatic carbocycles. The standard InChI is InChI=1S/C35H31BrN2O4Se/c1-3-22(36)21-35(2)29(20-30-37(18-16-31(39)40)27-14-8-9-15-28(27)43-30)38(19-17-32(41)42)34-26-13-7-5-11-24(26)23-10-4-6-12-25(23)33(34)35/h3-15,20H,16-19,21H2,1-2H3,(H-,39,40,41,42)/p+1/b22-3-. The number of para-hydroxylation sites is 1. The number of allylic oxidation sites excluding steroid dienone is 3. The van der Waals surface area contributed by atoms with Crippen LogP contribution in [0.1, 0.15) is 43.2 Å². The average molecular weight is 704 g/mol. The van der Waals surface area contributed by atoms with E-state index in [1.165, 1.54) is 15.2 Å². The first-order valence-corrected chi connectivity index (χ1v) is 16.8. The minimum atomic E-state index is -0.845. The molecular formula is C35H32BrN2O4Se+. The number of benzene rings is 4. The van der Waals surface area contributed by atoms with E-state index in [9.17, 15) is 19.8 Å². The van der Waals surface area contributed by atoms with Gasteiger partial charge in [0, 0.05) is 0 Å². The summed E-state index contributed by atoms with van der Waals surface area (Å²) < 4.78 is 5.51. The van der Waals surface area contributed by atoms with Gasteiger partial charge in [0.1, 0.15) is 0 Å². The molecule has 2 heterocycles. The van der Waals surface area contributed by atoms with E-state index in [1.54, 1.807) is 0 Å². The second-order valence-electron chi connectivity index (χ2n) is 11.1. The van der Waals surface area contributed by atoms with Crippen molar-refractivity contribution in [3.05, 3.63) is 99.2 Å². The van der Waals surface area contributed by atoms with Crippen LogP contribution in [0.4, 0.5) is 5.69 Å². The van der Waals surface area contributed by atoms with Gasteiger partial charge in [-0.15, -0.1) is 0 Å². The fourth-order valence-corrected chi connectivity index (χ4v) is 9.44. The molecular weight excluding hydrogens is 671 g/mol. The van der Waals surface area contributed by atoms with Crippen molar-refractivity contribution in [2.75, 3.05) is 11.4 Å². The molecule has 2 N–H and O–H groups in total. The van der Waals surface area contributed by atoms with Gasteiger partial charge in [-0.2, -0.15) is 0 Å². The van der Waals surface area contributed by atoms with Crippen molar-refractivity contribution in [3.8, 4) is 0 Å². The Morgan fingerprint density at radius 1 is 0.907 bits per heavy atom. The number of aromatic nitrogens is 1. The molecule has 1 aliphatic heterocycles. The summed E-state index contributed by atoms with van der Waals surface area (Å²) >= 11 is 3.79. The van der Waals surface area contributed by atoms with Crippen molar-refractivity contribution < 1.29 is 24.4 Å². The average Bonchev–Trinajstić information content (AvgIpc) is 3.47. The number of anilines is 1. The van der Waals surface area contributed by atoms with Gasteiger partial charge in [-0.05, 0) is 0 Å². The number of rotatable bonds is 9. The Kier molecular flexibility index (Phi) is 8.03. The summed E-state index contributed by atoms with van der Waals surface area (Å²) in [5, 5.41) is 24.0. The van der Waals surface area contributed by atoms with E-state index < -0.39 is 17.4 Å². The zero-order valence-electron chi connectivity index (χ0n) is 24.0. The summed E-state index contributed by atoms with van der Waals surface area (Å²) in [7, 11) is 0. The van der Waals surface area contributed by atoms with E-state index in [2.05, 4.69) is 99.1 Å². The number of aryl methyl sites for hydroxylation is 1. The van der Waals surface area contributed by atoms with Crippen LogP contribution in [0.25, 0.3) is 37.4 Å². The van der Waals surface area contributed by atoms with Crippen LogP contribution in [-0.2, 0) is 21.5 Å². The van der Waals surface area contributed by atoms with Crippen molar-refractivity contribution in [1.82, 2.24) is 0 Å². The molecule has 1 aromatic heterocycles. The van der Waals surface area contributed by atoms with Gasteiger partial charge >= 0.3 is 266 Å². The van der Waals surface area contributed by atoms with Crippen molar-refractivity contribution >= 4 is 85.5 Å². The van der Waals surface area contributed by atoms with E-state index in [1.807, 2.05) is 25.1 Å². The first kappa shape index (κ1) is 29.4. The first-order chi connectivity index (χ1) is 20.7. The van der Waals surface area contributed by atoms with Crippen LogP contribution < -0.4 is 9.47 Å². The second kappa shape index (κ2) is 11.8. The van der Waals surface area contributed by atoms with Gasteiger partial charge in [0.25, 0.3) is 0 Å². The van der Waals surface area contributed by atoms with E-state index in [0.717, 1.165) is 42.1 Å². The molecule has 0 saturated heterocycles. The minimum absolute atomic E-state index is 0.0117. The summed E-state index contributed by atoms with van der Waals surface area (Å²) in [5.74, 6) is -1.68. The van der Waals surface area contributed by atoms with E-state index in [0.29, 0.717) is 19.5 Å². The Bertz CT molecular complexity index is 1980. The van der Waals surface area contributed by atoms with Gasteiger partial charge in [-0.1, -0.05) is 0 Å². The number of hydrogen-bond donors (Lipinski definition) is 2. The quantitative estimate of drug-likeness (QED) is 0.0961. The number of aliphatic carboxylic acids is 2. The molecule has 1 atom stereocenters. The number of fused-ring (bicyclic) bond motifs is 7. The number of nitrogens with zero attached hydrogens (tertiary/aromatic N) is 2. The molecule has 0 bridgehead atoms. The van der Waals surface area contributed by atoms with Crippen LogP contribution in [-0.4, -0.2) is 43.2 Å². The van der Waals surface area contributed by atoms with E-state index >= 15 is 0 Å². The maximum atomic E-state index is 12.0. The SMILES string of the molecule is C/C=C(\Br)CC1(C)/C(=C\c2[se]c3ccccc3[n+]2CCC(=O)O)N(CCC(=O)O)c2c1c1ccccc1c1ccccc21. The number of carboxylic acid groups (broad SMARTS) is 2. The summed E-state index contributed by atoms with van der Waals surface area (Å²) in [6, 6.07) is 25.1. The molecule has 0 aliphatic carbocycles. The summed E-state index contributed by atoms with van der Waals surface area (Å²) in [6.07, 6.45) is 5.02. The Morgan fingerprint density at radius 3 is 2.19 bits per heavy atom. The molecule has 0 radical (unpaired) electrons. The van der Waals surface area contributed by atoms with Gasteiger partial charge < -0.3 is 0 Å². The molecule has 0 amide bonds. The van der Waals surface area contributed by atoms with Gasteiger partial charge in [0.05, 0.1) is 0 Å². The normalized spacial score (nSPS) is 17.8. The predicted molar refractivity (Wildman–Crippen MR) is 177 cm³/mol. The van der Waals surface area contributed by atoms with E-state index in [4.69, 9.17) is 0 Å². The number of halogens is 1. The number of carbonyl (C=O) groups is 2. The molecule has 0 spiro atoms.